The highest BCUT2D eigenvalue weighted by Gasteiger charge is 2.29. The van der Waals surface area contributed by atoms with Crippen molar-refractivity contribution in [2.75, 3.05) is 22.8 Å². The van der Waals surface area contributed by atoms with Crippen LogP contribution in [0.2, 0.25) is 0 Å². The van der Waals surface area contributed by atoms with Gasteiger partial charge in [0.2, 0.25) is 5.91 Å². The Morgan fingerprint density at radius 2 is 1.93 bits per heavy atom. The molecule has 1 amide bonds. The molecular formula is C20H19FN2O4S2. The van der Waals surface area contributed by atoms with Gasteiger partial charge in [-0.05, 0) is 42.6 Å². The highest BCUT2D eigenvalue weighted by molar-refractivity contribution is 7.94. The molecule has 0 fully saturated rings. The Kier molecular flexibility index (Phi) is 6.50. The average molecular weight is 435 g/mol. The van der Waals surface area contributed by atoms with Gasteiger partial charge in [-0.2, -0.15) is 0 Å². The number of halogens is 1. The fourth-order valence-corrected chi connectivity index (χ4v) is 5.17. The molecule has 0 saturated heterocycles. The lowest BCUT2D eigenvalue weighted by atomic mass is 10.3. The smallest absolute Gasteiger partial charge is 0.274 e. The summed E-state index contributed by atoms with van der Waals surface area (Å²) in [7, 11) is -4.11. The molecule has 3 rings (SSSR count). The van der Waals surface area contributed by atoms with E-state index in [-0.39, 0.29) is 9.90 Å². The molecule has 0 spiro atoms. The van der Waals surface area contributed by atoms with Crippen molar-refractivity contribution in [2.24, 2.45) is 0 Å². The first-order valence-corrected chi connectivity index (χ1v) is 11.1. The predicted octanol–water partition coefficient (Wildman–Crippen LogP) is 4.12. The second kappa shape index (κ2) is 9.06. The van der Waals surface area contributed by atoms with E-state index in [1.165, 1.54) is 24.3 Å². The van der Waals surface area contributed by atoms with Crippen molar-refractivity contribution >= 4 is 38.6 Å². The molecule has 0 aliphatic carbocycles. The normalized spacial score (nSPS) is 11.1. The van der Waals surface area contributed by atoms with Gasteiger partial charge in [0.25, 0.3) is 10.0 Å². The van der Waals surface area contributed by atoms with Crippen LogP contribution in [0.5, 0.6) is 5.75 Å². The van der Waals surface area contributed by atoms with Crippen LogP contribution in [-0.2, 0) is 14.8 Å². The largest absolute Gasteiger partial charge is 0.494 e. The Labute approximate surface area is 172 Å². The number of rotatable bonds is 8. The number of para-hydroxylation sites is 1. The summed E-state index contributed by atoms with van der Waals surface area (Å²) in [5.41, 5.74) is 0.252. The first-order chi connectivity index (χ1) is 13.9. The molecule has 9 heteroatoms. The second-order valence-electron chi connectivity index (χ2n) is 5.90. The first-order valence-electron chi connectivity index (χ1n) is 8.75. The Morgan fingerprint density at radius 1 is 1.14 bits per heavy atom. The van der Waals surface area contributed by atoms with Gasteiger partial charge in [0.15, 0.2) is 0 Å². The van der Waals surface area contributed by atoms with Gasteiger partial charge in [0, 0.05) is 11.8 Å². The van der Waals surface area contributed by atoms with E-state index in [1.54, 1.807) is 35.7 Å². The van der Waals surface area contributed by atoms with Crippen LogP contribution in [0, 0.1) is 5.82 Å². The van der Waals surface area contributed by atoms with Crippen LogP contribution in [0.25, 0.3) is 0 Å². The summed E-state index contributed by atoms with van der Waals surface area (Å²) < 4.78 is 46.6. The number of ether oxygens (including phenoxy) is 1. The molecule has 0 radical (unpaired) electrons. The van der Waals surface area contributed by atoms with Crippen LogP contribution in [0.1, 0.15) is 6.92 Å². The number of sulfonamides is 1. The molecule has 0 aliphatic heterocycles. The summed E-state index contributed by atoms with van der Waals surface area (Å²) in [5.74, 6) is -0.775. The van der Waals surface area contributed by atoms with Gasteiger partial charge in [-0.25, -0.2) is 12.8 Å². The molecule has 2 aromatic carbocycles. The molecule has 0 bridgehead atoms. The summed E-state index contributed by atoms with van der Waals surface area (Å²) in [6, 6.07) is 15.2. The van der Waals surface area contributed by atoms with Crippen molar-refractivity contribution < 1.29 is 22.3 Å². The standard InChI is InChI=1S/C20H19FN2O4S2/c1-2-27-16-8-5-7-15(13-16)22-19(24)14-23(18-10-4-3-9-17(18)21)29(25,26)20-11-6-12-28-20/h3-13H,2,14H2,1H3,(H,22,24). The van der Waals surface area contributed by atoms with Gasteiger partial charge in [-0.15, -0.1) is 11.3 Å². The van der Waals surface area contributed by atoms with E-state index in [1.807, 2.05) is 6.92 Å². The van der Waals surface area contributed by atoms with Crippen LogP contribution in [0.15, 0.2) is 70.3 Å². The molecule has 0 saturated carbocycles. The fourth-order valence-electron chi connectivity index (χ4n) is 2.63. The van der Waals surface area contributed by atoms with Gasteiger partial charge in [-0.1, -0.05) is 24.3 Å². The molecule has 0 aliphatic rings. The van der Waals surface area contributed by atoms with Gasteiger partial charge in [0.05, 0.1) is 12.3 Å². The summed E-state index contributed by atoms with van der Waals surface area (Å²) in [5, 5.41) is 4.24. The van der Waals surface area contributed by atoms with Crippen molar-refractivity contribution in [1.29, 1.82) is 0 Å². The minimum Gasteiger partial charge on any atom is -0.494 e. The number of benzene rings is 2. The van der Waals surface area contributed by atoms with E-state index < -0.39 is 28.3 Å². The van der Waals surface area contributed by atoms with Crippen molar-refractivity contribution in [2.45, 2.75) is 11.1 Å². The molecule has 152 valence electrons. The molecule has 0 unspecified atom stereocenters. The van der Waals surface area contributed by atoms with Crippen LogP contribution < -0.4 is 14.4 Å². The van der Waals surface area contributed by atoms with Gasteiger partial charge >= 0.3 is 0 Å². The molecule has 0 atom stereocenters. The second-order valence-corrected chi connectivity index (χ2v) is 8.94. The van der Waals surface area contributed by atoms with Crippen LogP contribution in [0.3, 0.4) is 0 Å². The van der Waals surface area contributed by atoms with Crippen molar-refractivity contribution in [3.8, 4) is 5.75 Å². The maximum atomic E-state index is 14.4. The number of amides is 1. The highest BCUT2D eigenvalue weighted by Crippen LogP contribution is 2.28. The monoisotopic (exact) mass is 434 g/mol. The molecule has 6 nitrogen and oxygen atoms in total. The van der Waals surface area contributed by atoms with Crippen molar-refractivity contribution in [3.05, 3.63) is 71.9 Å². The molecule has 1 heterocycles. The van der Waals surface area contributed by atoms with E-state index in [0.29, 0.717) is 18.0 Å². The minimum atomic E-state index is -4.11. The topological polar surface area (TPSA) is 75.7 Å². The maximum Gasteiger partial charge on any atom is 0.274 e. The Hall–Kier alpha value is -2.91. The lowest BCUT2D eigenvalue weighted by molar-refractivity contribution is -0.114. The number of nitrogens with zero attached hydrogens (tertiary/aromatic N) is 1. The van der Waals surface area contributed by atoms with E-state index in [0.717, 1.165) is 21.7 Å². The molecular weight excluding hydrogens is 415 g/mol. The number of nitrogens with one attached hydrogen (secondary N) is 1. The number of carbonyl (C=O) groups excluding carboxylic acids is 1. The third-order valence-electron chi connectivity index (χ3n) is 3.88. The molecule has 1 N–H and O–H groups in total. The average Bonchev–Trinajstić information content (AvgIpc) is 3.23. The molecule has 3 aromatic rings. The van der Waals surface area contributed by atoms with Crippen LogP contribution >= 0.6 is 11.3 Å². The van der Waals surface area contributed by atoms with E-state index in [2.05, 4.69) is 5.32 Å². The number of hydrogen-bond donors (Lipinski definition) is 1. The Balaban J connectivity index is 1.89. The Bertz CT molecular complexity index is 1090. The zero-order valence-corrected chi connectivity index (χ0v) is 17.2. The lowest BCUT2D eigenvalue weighted by Crippen LogP contribution is -2.38. The maximum absolute atomic E-state index is 14.4. The van der Waals surface area contributed by atoms with Crippen molar-refractivity contribution in [3.63, 3.8) is 0 Å². The van der Waals surface area contributed by atoms with Gasteiger partial charge < -0.3 is 10.1 Å². The van der Waals surface area contributed by atoms with Gasteiger partial charge in [0.1, 0.15) is 22.3 Å². The van der Waals surface area contributed by atoms with E-state index in [9.17, 15) is 17.6 Å². The fraction of sp³-hybridized carbons (Fsp3) is 0.150. The summed E-state index contributed by atoms with van der Waals surface area (Å²) in [6.45, 7) is 1.73. The van der Waals surface area contributed by atoms with E-state index >= 15 is 0 Å². The highest BCUT2D eigenvalue weighted by atomic mass is 32.2. The number of anilines is 2. The summed E-state index contributed by atoms with van der Waals surface area (Å²) >= 11 is 0.997. The minimum absolute atomic E-state index is 0.0203. The zero-order valence-electron chi connectivity index (χ0n) is 15.5. The number of carbonyl (C=O) groups is 1. The number of hydrogen-bond acceptors (Lipinski definition) is 5. The van der Waals surface area contributed by atoms with Crippen LogP contribution in [-0.4, -0.2) is 27.5 Å². The van der Waals surface area contributed by atoms with Crippen LogP contribution in [0.4, 0.5) is 15.8 Å². The molecule has 29 heavy (non-hydrogen) atoms. The number of thiophene rings is 1. The Morgan fingerprint density at radius 3 is 2.62 bits per heavy atom. The lowest BCUT2D eigenvalue weighted by Gasteiger charge is -2.23. The SMILES string of the molecule is CCOc1cccc(NC(=O)CN(c2ccccc2F)S(=O)(=O)c2cccs2)c1. The molecule has 1 aromatic heterocycles. The predicted molar refractivity (Wildman–Crippen MR) is 111 cm³/mol. The van der Waals surface area contributed by atoms with Gasteiger partial charge in [-0.3, -0.25) is 9.10 Å². The first kappa shape index (κ1) is 20.8. The summed E-state index contributed by atoms with van der Waals surface area (Å²) in [6.07, 6.45) is 0. The summed E-state index contributed by atoms with van der Waals surface area (Å²) in [4.78, 5) is 12.6. The van der Waals surface area contributed by atoms with E-state index in [4.69, 9.17) is 4.74 Å². The third-order valence-corrected chi connectivity index (χ3v) is 7.01. The third kappa shape index (κ3) is 4.93. The van der Waals surface area contributed by atoms with Crippen molar-refractivity contribution in [1.82, 2.24) is 0 Å². The zero-order chi connectivity index (χ0) is 20.9. The quantitative estimate of drug-likeness (QED) is 0.579.